The Hall–Kier alpha value is -0.0800. The second-order valence-electron chi connectivity index (χ2n) is 7.06. The van der Waals surface area contributed by atoms with Crippen molar-refractivity contribution < 1.29 is 0 Å². The number of rotatable bonds is 4. The Morgan fingerprint density at radius 3 is 2.33 bits per heavy atom. The minimum Gasteiger partial charge on any atom is -0.329 e. The van der Waals surface area contributed by atoms with Gasteiger partial charge in [0.25, 0.3) is 0 Å². The van der Waals surface area contributed by atoms with E-state index in [-0.39, 0.29) is 0 Å². The molecule has 0 saturated heterocycles. The highest BCUT2D eigenvalue weighted by Gasteiger charge is 2.40. The lowest BCUT2D eigenvalue weighted by Crippen LogP contribution is -2.57. The molecular weight excluding hydrogens is 220 g/mol. The second-order valence-corrected chi connectivity index (χ2v) is 7.06. The Morgan fingerprint density at radius 1 is 1.11 bits per heavy atom. The molecule has 0 aromatic rings. The predicted octanol–water partition coefficient (Wildman–Crippen LogP) is 3.40. The first kappa shape index (κ1) is 14.3. The minimum absolute atomic E-state index is 0.314. The summed E-state index contributed by atoms with van der Waals surface area (Å²) in [6.45, 7) is 5.62. The van der Waals surface area contributed by atoms with Crippen LogP contribution in [-0.4, -0.2) is 30.1 Å². The zero-order valence-electron chi connectivity index (χ0n) is 12.6. The molecule has 2 rings (SSSR count). The van der Waals surface area contributed by atoms with Crippen LogP contribution in [0.1, 0.15) is 65.2 Å². The molecule has 0 aliphatic heterocycles. The molecule has 2 fully saturated rings. The molecule has 2 unspecified atom stereocenters. The largest absolute Gasteiger partial charge is 0.329 e. The smallest absolute Gasteiger partial charge is 0.0331 e. The molecule has 2 N–H and O–H groups in total. The monoisotopic (exact) mass is 252 g/mol. The molecule has 0 aromatic carbocycles. The fraction of sp³-hybridized carbons (Fsp3) is 1.00. The number of hydrogen-bond donors (Lipinski definition) is 1. The molecule has 2 nitrogen and oxygen atoms in total. The third kappa shape index (κ3) is 2.75. The van der Waals surface area contributed by atoms with E-state index in [1.807, 2.05) is 0 Å². The molecule has 2 heteroatoms. The maximum Gasteiger partial charge on any atom is 0.0331 e. The molecular formula is C16H32N2. The van der Waals surface area contributed by atoms with Crippen LogP contribution in [-0.2, 0) is 0 Å². The summed E-state index contributed by atoms with van der Waals surface area (Å²) in [5.41, 5.74) is 6.52. The Morgan fingerprint density at radius 2 is 1.83 bits per heavy atom. The van der Waals surface area contributed by atoms with Crippen molar-refractivity contribution in [3.05, 3.63) is 0 Å². The van der Waals surface area contributed by atoms with Gasteiger partial charge in [-0.3, -0.25) is 4.90 Å². The molecule has 0 aromatic heterocycles. The standard InChI is InChI=1S/C16H32N2/c1-13(2)14-6-5-10-16(12-17,11-9-14)18(3)15-7-4-8-15/h13-15H,4-12,17H2,1-3H3. The van der Waals surface area contributed by atoms with Crippen molar-refractivity contribution >= 4 is 0 Å². The van der Waals surface area contributed by atoms with Gasteiger partial charge >= 0.3 is 0 Å². The SMILES string of the molecule is CC(C)C1CCCC(CN)(N(C)C2CCC2)CC1. The van der Waals surface area contributed by atoms with Gasteiger partial charge in [-0.25, -0.2) is 0 Å². The third-order valence-corrected chi connectivity index (χ3v) is 5.89. The zero-order valence-corrected chi connectivity index (χ0v) is 12.6. The van der Waals surface area contributed by atoms with Crippen molar-refractivity contribution in [2.45, 2.75) is 76.8 Å². The predicted molar refractivity (Wildman–Crippen MR) is 78.6 cm³/mol. The van der Waals surface area contributed by atoms with Gasteiger partial charge in [-0.05, 0) is 51.0 Å². The molecule has 2 atom stereocenters. The number of hydrogen-bond acceptors (Lipinski definition) is 2. The average Bonchev–Trinajstić information content (AvgIpc) is 2.49. The number of nitrogens with zero attached hydrogens (tertiary/aromatic N) is 1. The summed E-state index contributed by atoms with van der Waals surface area (Å²) in [5, 5.41) is 0. The molecule has 0 spiro atoms. The molecule has 18 heavy (non-hydrogen) atoms. The van der Waals surface area contributed by atoms with Crippen LogP contribution in [0.15, 0.2) is 0 Å². The fourth-order valence-electron chi connectivity index (χ4n) is 3.95. The van der Waals surface area contributed by atoms with Crippen LogP contribution < -0.4 is 5.73 Å². The third-order valence-electron chi connectivity index (χ3n) is 5.89. The summed E-state index contributed by atoms with van der Waals surface area (Å²) in [4.78, 5) is 2.67. The van der Waals surface area contributed by atoms with Gasteiger partial charge in [0.2, 0.25) is 0 Å². The van der Waals surface area contributed by atoms with E-state index in [0.29, 0.717) is 5.54 Å². The Kier molecular flexibility index (Phi) is 4.71. The highest BCUT2D eigenvalue weighted by molar-refractivity contribution is 4.97. The van der Waals surface area contributed by atoms with Crippen molar-refractivity contribution in [2.24, 2.45) is 17.6 Å². The van der Waals surface area contributed by atoms with E-state index < -0.39 is 0 Å². The maximum atomic E-state index is 6.21. The first-order valence-electron chi connectivity index (χ1n) is 8.02. The van der Waals surface area contributed by atoms with Crippen molar-refractivity contribution in [3.8, 4) is 0 Å². The highest BCUT2D eigenvalue weighted by Crippen LogP contribution is 2.39. The average molecular weight is 252 g/mol. The highest BCUT2D eigenvalue weighted by atomic mass is 15.2. The summed E-state index contributed by atoms with van der Waals surface area (Å²) in [6, 6.07) is 0.823. The summed E-state index contributed by atoms with van der Waals surface area (Å²) < 4.78 is 0. The lowest BCUT2D eigenvalue weighted by molar-refractivity contribution is 0.0261. The van der Waals surface area contributed by atoms with Crippen LogP contribution in [0, 0.1) is 11.8 Å². The lowest BCUT2D eigenvalue weighted by Gasteiger charge is -2.48. The topological polar surface area (TPSA) is 29.3 Å². The lowest BCUT2D eigenvalue weighted by atomic mass is 9.81. The van der Waals surface area contributed by atoms with Gasteiger partial charge < -0.3 is 5.73 Å². The minimum atomic E-state index is 0.314. The van der Waals surface area contributed by atoms with E-state index in [1.54, 1.807) is 0 Å². The normalized spacial score (nSPS) is 34.7. The van der Waals surface area contributed by atoms with E-state index in [0.717, 1.165) is 24.4 Å². The molecule has 2 aliphatic carbocycles. The summed E-state index contributed by atoms with van der Waals surface area (Å²) in [7, 11) is 2.34. The fourth-order valence-corrected chi connectivity index (χ4v) is 3.95. The van der Waals surface area contributed by atoms with E-state index in [2.05, 4.69) is 25.8 Å². The first-order chi connectivity index (χ1) is 8.59. The molecule has 2 saturated carbocycles. The van der Waals surface area contributed by atoms with Crippen molar-refractivity contribution in [2.75, 3.05) is 13.6 Å². The molecule has 2 aliphatic rings. The van der Waals surface area contributed by atoms with Crippen LogP contribution in [0.4, 0.5) is 0 Å². The van der Waals surface area contributed by atoms with E-state index >= 15 is 0 Å². The number of likely N-dealkylation sites (N-methyl/N-ethyl adjacent to an activating group) is 1. The number of nitrogens with two attached hydrogens (primary N) is 1. The summed E-state index contributed by atoms with van der Waals surface area (Å²) in [5.74, 6) is 1.76. The van der Waals surface area contributed by atoms with Crippen molar-refractivity contribution in [3.63, 3.8) is 0 Å². The van der Waals surface area contributed by atoms with Crippen LogP contribution in [0.3, 0.4) is 0 Å². The van der Waals surface area contributed by atoms with Crippen LogP contribution in [0.5, 0.6) is 0 Å². The van der Waals surface area contributed by atoms with Crippen LogP contribution in [0.2, 0.25) is 0 Å². The second kappa shape index (κ2) is 5.92. The molecule has 0 amide bonds. The van der Waals surface area contributed by atoms with Crippen LogP contribution >= 0.6 is 0 Å². The van der Waals surface area contributed by atoms with E-state index in [1.165, 1.54) is 51.4 Å². The first-order valence-corrected chi connectivity index (χ1v) is 8.02. The summed E-state index contributed by atoms with van der Waals surface area (Å²) in [6.07, 6.45) is 11.0. The zero-order chi connectivity index (χ0) is 13.2. The van der Waals surface area contributed by atoms with Gasteiger partial charge in [0, 0.05) is 18.1 Å². The van der Waals surface area contributed by atoms with Gasteiger partial charge in [-0.2, -0.15) is 0 Å². The van der Waals surface area contributed by atoms with Gasteiger partial charge in [0.05, 0.1) is 0 Å². The quantitative estimate of drug-likeness (QED) is 0.777. The van der Waals surface area contributed by atoms with E-state index in [9.17, 15) is 0 Å². The van der Waals surface area contributed by atoms with Gasteiger partial charge in [0.1, 0.15) is 0 Å². The molecule has 0 bridgehead atoms. The van der Waals surface area contributed by atoms with Crippen molar-refractivity contribution in [1.82, 2.24) is 4.90 Å². The van der Waals surface area contributed by atoms with Crippen LogP contribution in [0.25, 0.3) is 0 Å². The summed E-state index contributed by atoms with van der Waals surface area (Å²) >= 11 is 0. The van der Waals surface area contributed by atoms with Gasteiger partial charge in [0.15, 0.2) is 0 Å². The van der Waals surface area contributed by atoms with E-state index in [4.69, 9.17) is 5.73 Å². The molecule has 0 heterocycles. The maximum absolute atomic E-state index is 6.21. The Balaban J connectivity index is 2.02. The Bertz CT molecular complexity index is 260. The van der Waals surface area contributed by atoms with Crippen molar-refractivity contribution in [1.29, 1.82) is 0 Å². The molecule has 0 radical (unpaired) electrons. The van der Waals surface area contributed by atoms with Gasteiger partial charge in [-0.15, -0.1) is 0 Å². The van der Waals surface area contributed by atoms with Gasteiger partial charge in [-0.1, -0.05) is 33.1 Å². The Labute approximate surface area is 113 Å². The molecule has 106 valence electrons.